The lowest BCUT2D eigenvalue weighted by Gasteiger charge is -2.32. The lowest BCUT2D eigenvalue weighted by atomic mass is 9.92. The van der Waals surface area contributed by atoms with Crippen molar-refractivity contribution in [2.24, 2.45) is 5.92 Å². The summed E-state index contributed by atoms with van der Waals surface area (Å²) in [6.45, 7) is 6.10. The molecule has 1 saturated heterocycles. The van der Waals surface area contributed by atoms with Gasteiger partial charge in [-0.15, -0.1) is 0 Å². The van der Waals surface area contributed by atoms with E-state index in [1.54, 1.807) is 37.9 Å². The number of hydrogen-bond acceptors (Lipinski definition) is 6. The summed E-state index contributed by atoms with van der Waals surface area (Å²) >= 11 is 0. The number of carbonyl (C=O) groups excluding carboxylic acids is 2. The Morgan fingerprint density at radius 2 is 1.85 bits per heavy atom. The molecule has 39 heavy (non-hydrogen) atoms. The molecule has 5 heterocycles. The number of hydrogen-bond donors (Lipinski definition) is 0. The first-order valence-electron chi connectivity index (χ1n) is 13.7. The number of ether oxygens (including phenoxy) is 2. The van der Waals surface area contributed by atoms with Crippen LogP contribution >= 0.6 is 0 Å². The number of Topliss-reactive ketones (excluding diaryl/α,β-unsaturated/α-hetero) is 1. The molecule has 204 valence electrons. The zero-order valence-corrected chi connectivity index (χ0v) is 23.1. The number of aromatic nitrogens is 4. The predicted octanol–water partition coefficient (Wildman–Crippen LogP) is 4.63. The molecule has 9 heteroatoms. The van der Waals surface area contributed by atoms with Gasteiger partial charge in [0.25, 0.3) is 0 Å². The summed E-state index contributed by atoms with van der Waals surface area (Å²) < 4.78 is 14.9. The van der Waals surface area contributed by atoms with Gasteiger partial charge >= 0.3 is 0 Å². The number of pyridine rings is 2. The normalized spacial score (nSPS) is 16.4. The molecule has 0 N–H and O–H groups in total. The fraction of sp³-hybridized carbons (Fsp3) is 0.467. The quantitative estimate of drug-likeness (QED) is 0.309. The van der Waals surface area contributed by atoms with Gasteiger partial charge in [-0.3, -0.25) is 14.6 Å². The summed E-state index contributed by atoms with van der Waals surface area (Å²) in [5, 5.41) is 6.15. The van der Waals surface area contributed by atoms with Crippen LogP contribution in [0, 0.1) is 12.8 Å². The minimum Gasteiger partial charge on any atom is -0.494 e. The van der Waals surface area contributed by atoms with Crippen LogP contribution in [0.5, 0.6) is 5.75 Å². The molecule has 2 fully saturated rings. The highest BCUT2D eigenvalue weighted by Gasteiger charge is 2.30. The fourth-order valence-electron chi connectivity index (χ4n) is 5.98. The molecule has 2 aliphatic rings. The number of ketones is 1. The van der Waals surface area contributed by atoms with Crippen LogP contribution in [0.3, 0.4) is 0 Å². The number of fused-ring (bicyclic) bond motifs is 2. The van der Waals surface area contributed by atoms with Gasteiger partial charge in [-0.05, 0) is 63.6 Å². The number of nitrogens with zero attached hydrogens (tertiary/aromatic N) is 5. The molecule has 1 aliphatic heterocycles. The molecule has 1 amide bonds. The first-order chi connectivity index (χ1) is 18.9. The van der Waals surface area contributed by atoms with E-state index in [4.69, 9.17) is 19.6 Å². The fourth-order valence-corrected chi connectivity index (χ4v) is 5.98. The van der Waals surface area contributed by atoms with Crippen LogP contribution in [0.25, 0.3) is 27.8 Å². The van der Waals surface area contributed by atoms with Crippen molar-refractivity contribution in [3.8, 4) is 17.1 Å². The number of rotatable bonds is 8. The largest absolute Gasteiger partial charge is 0.494 e. The van der Waals surface area contributed by atoms with Gasteiger partial charge < -0.3 is 18.9 Å². The molecule has 4 aromatic heterocycles. The van der Waals surface area contributed by atoms with E-state index >= 15 is 0 Å². The minimum absolute atomic E-state index is 0.0292. The van der Waals surface area contributed by atoms with Crippen LogP contribution in [0.15, 0.2) is 30.6 Å². The Labute approximate surface area is 227 Å². The third-order valence-corrected chi connectivity index (χ3v) is 8.27. The molecule has 1 saturated carbocycles. The molecule has 0 bridgehead atoms. The van der Waals surface area contributed by atoms with Gasteiger partial charge in [-0.2, -0.15) is 5.10 Å². The average molecular weight is 530 g/mol. The number of amides is 1. The maximum atomic E-state index is 12.4. The monoisotopic (exact) mass is 529 g/mol. The third-order valence-electron chi connectivity index (χ3n) is 8.27. The van der Waals surface area contributed by atoms with E-state index in [-0.39, 0.29) is 24.2 Å². The Morgan fingerprint density at radius 1 is 1.08 bits per heavy atom. The second-order valence-electron chi connectivity index (χ2n) is 10.9. The van der Waals surface area contributed by atoms with Crippen molar-refractivity contribution < 1.29 is 19.1 Å². The second kappa shape index (κ2) is 10.1. The standard InChI is InChI=1S/C30H35N5O4/c1-18-27(32-35-16-23(19(2)36)14-25(39-4)29(18)35)24-13-22-7-10-31-28(30(22)34(24)15-20-5-6-20)21-8-11-33(12-9-21)26(37)17-38-3/h7,10,13-14,16,20-21H,5-6,8-9,11-12,15,17H2,1-4H3. The highest BCUT2D eigenvalue weighted by Crippen LogP contribution is 2.41. The first-order valence-corrected chi connectivity index (χ1v) is 13.7. The third kappa shape index (κ3) is 4.58. The summed E-state index contributed by atoms with van der Waals surface area (Å²) in [4.78, 5) is 31.3. The summed E-state index contributed by atoms with van der Waals surface area (Å²) in [5.41, 5.74) is 6.68. The zero-order valence-electron chi connectivity index (χ0n) is 23.1. The summed E-state index contributed by atoms with van der Waals surface area (Å²) in [6.07, 6.45) is 7.91. The topological polar surface area (TPSA) is 91.0 Å². The maximum absolute atomic E-state index is 12.4. The van der Waals surface area contributed by atoms with Crippen molar-refractivity contribution in [3.63, 3.8) is 0 Å². The molecule has 0 spiro atoms. The Morgan fingerprint density at radius 3 is 2.51 bits per heavy atom. The molecular weight excluding hydrogens is 494 g/mol. The molecule has 1 aliphatic carbocycles. The van der Waals surface area contributed by atoms with E-state index in [1.165, 1.54) is 18.4 Å². The van der Waals surface area contributed by atoms with Crippen LogP contribution in [0.4, 0.5) is 0 Å². The van der Waals surface area contributed by atoms with Gasteiger partial charge in [0, 0.05) is 61.6 Å². The summed E-state index contributed by atoms with van der Waals surface area (Å²) in [5.74, 6) is 1.59. The first kappa shape index (κ1) is 25.6. The highest BCUT2D eigenvalue weighted by atomic mass is 16.5. The van der Waals surface area contributed by atoms with Gasteiger partial charge in [-0.1, -0.05) is 0 Å². The molecule has 6 rings (SSSR count). The van der Waals surface area contributed by atoms with Gasteiger partial charge in [-0.25, -0.2) is 4.52 Å². The van der Waals surface area contributed by atoms with Crippen molar-refractivity contribution in [1.29, 1.82) is 0 Å². The molecule has 4 aromatic rings. The number of piperidine rings is 1. The predicted molar refractivity (Wildman–Crippen MR) is 148 cm³/mol. The Balaban J connectivity index is 1.45. The lowest BCUT2D eigenvalue weighted by Crippen LogP contribution is -2.40. The van der Waals surface area contributed by atoms with E-state index in [2.05, 4.69) is 23.6 Å². The SMILES string of the molecule is COCC(=O)N1CCC(c2nccc3cc(-c4nn5cc(C(C)=O)cc(OC)c5c4C)n(CC4CC4)c23)CC1. The number of aryl methyl sites for hydroxylation is 1. The maximum Gasteiger partial charge on any atom is 0.248 e. The Kier molecular flexibility index (Phi) is 6.62. The van der Waals surface area contributed by atoms with E-state index in [1.807, 2.05) is 11.1 Å². The van der Waals surface area contributed by atoms with E-state index < -0.39 is 0 Å². The van der Waals surface area contributed by atoms with Crippen molar-refractivity contribution in [3.05, 3.63) is 47.4 Å². The highest BCUT2D eigenvalue weighted by molar-refractivity contribution is 5.95. The zero-order chi connectivity index (χ0) is 27.3. The van der Waals surface area contributed by atoms with Crippen molar-refractivity contribution in [2.75, 3.05) is 33.9 Å². The summed E-state index contributed by atoms with van der Waals surface area (Å²) in [7, 11) is 3.19. The van der Waals surface area contributed by atoms with Crippen molar-refractivity contribution in [1.82, 2.24) is 24.1 Å². The molecular formula is C30H35N5O4. The van der Waals surface area contributed by atoms with Crippen molar-refractivity contribution >= 4 is 28.1 Å². The van der Waals surface area contributed by atoms with Gasteiger partial charge in [0.1, 0.15) is 23.6 Å². The second-order valence-corrected chi connectivity index (χ2v) is 10.9. The molecule has 9 nitrogen and oxygen atoms in total. The Bertz CT molecular complexity index is 1570. The van der Waals surface area contributed by atoms with E-state index in [0.29, 0.717) is 30.3 Å². The minimum atomic E-state index is -0.0292. The number of likely N-dealkylation sites (tertiary alicyclic amines) is 1. The van der Waals surface area contributed by atoms with Crippen LogP contribution in [0.2, 0.25) is 0 Å². The van der Waals surface area contributed by atoms with Gasteiger partial charge in [0.15, 0.2) is 5.78 Å². The smallest absolute Gasteiger partial charge is 0.248 e. The molecule has 0 atom stereocenters. The average Bonchev–Trinajstić information content (AvgIpc) is 3.61. The van der Waals surface area contributed by atoms with Gasteiger partial charge in [0.05, 0.1) is 24.0 Å². The molecule has 0 aromatic carbocycles. The van der Waals surface area contributed by atoms with E-state index in [9.17, 15) is 9.59 Å². The van der Waals surface area contributed by atoms with Crippen molar-refractivity contribution in [2.45, 2.75) is 52.0 Å². The molecule has 0 unspecified atom stereocenters. The van der Waals surface area contributed by atoms with Crippen LogP contribution in [-0.4, -0.2) is 69.7 Å². The summed E-state index contributed by atoms with van der Waals surface area (Å²) in [6, 6.07) is 6.11. The van der Waals surface area contributed by atoms with Crippen LogP contribution in [0.1, 0.15) is 60.1 Å². The van der Waals surface area contributed by atoms with Crippen LogP contribution in [-0.2, 0) is 16.1 Å². The lowest BCUT2D eigenvalue weighted by molar-refractivity contribution is -0.136. The number of carbonyl (C=O) groups is 2. The van der Waals surface area contributed by atoms with Crippen LogP contribution < -0.4 is 4.74 Å². The van der Waals surface area contributed by atoms with Gasteiger partial charge in [0.2, 0.25) is 5.91 Å². The Hall–Kier alpha value is -3.72. The molecule has 0 radical (unpaired) electrons. The number of methoxy groups -OCH3 is 2. The van der Waals surface area contributed by atoms with E-state index in [0.717, 1.165) is 52.9 Å².